The molecule has 124 valence electrons. The number of hydrogen-bond acceptors (Lipinski definition) is 2. The maximum absolute atomic E-state index is 2.69. The van der Waals surface area contributed by atoms with Crippen LogP contribution in [0.4, 0.5) is 17.1 Å². The Morgan fingerprint density at radius 3 is 2.38 bits per heavy atom. The fourth-order valence-corrected chi connectivity index (χ4v) is 5.13. The molecule has 2 heterocycles. The van der Waals surface area contributed by atoms with Crippen molar-refractivity contribution < 1.29 is 0 Å². The molecule has 0 amide bonds. The van der Waals surface area contributed by atoms with Gasteiger partial charge < -0.3 is 9.80 Å². The fourth-order valence-electron chi connectivity index (χ4n) is 5.13. The normalized spacial score (nSPS) is 21.6. The van der Waals surface area contributed by atoms with Crippen molar-refractivity contribution in [1.82, 2.24) is 0 Å². The first-order valence-electron chi connectivity index (χ1n) is 9.45. The molecular formula is C22H26N2. The average Bonchev–Trinajstić information content (AvgIpc) is 3.01. The van der Waals surface area contributed by atoms with Gasteiger partial charge in [0.2, 0.25) is 0 Å². The van der Waals surface area contributed by atoms with Crippen molar-refractivity contribution in [2.75, 3.05) is 16.5 Å². The summed E-state index contributed by atoms with van der Waals surface area (Å²) in [5, 5.41) is 0. The summed E-state index contributed by atoms with van der Waals surface area (Å²) in [7, 11) is 0. The predicted octanol–water partition coefficient (Wildman–Crippen LogP) is 5.57. The van der Waals surface area contributed by atoms with Gasteiger partial charge in [-0.3, -0.25) is 0 Å². The van der Waals surface area contributed by atoms with Gasteiger partial charge in [-0.15, -0.1) is 0 Å². The summed E-state index contributed by atoms with van der Waals surface area (Å²) in [5.74, 6) is 0. The summed E-state index contributed by atoms with van der Waals surface area (Å²) in [6, 6.07) is 16.7. The highest BCUT2D eigenvalue weighted by atomic mass is 15.4. The minimum absolute atomic E-state index is 0.0704. The fraction of sp³-hybridized carbons (Fsp3) is 0.455. The highest BCUT2D eigenvalue weighted by Gasteiger charge is 2.42. The molecule has 0 atom stereocenters. The topological polar surface area (TPSA) is 6.48 Å². The zero-order valence-corrected chi connectivity index (χ0v) is 14.8. The second-order valence-electron chi connectivity index (χ2n) is 8.15. The average molecular weight is 318 g/mol. The summed E-state index contributed by atoms with van der Waals surface area (Å²) in [5.41, 5.74) is 7.34. The van der Waals surface area contributed by atoms with E-state index in [1.165, 1.54) is 60.3 Å². The van der Waals surface area contributed by atoms with E-state index in [4.69, 9.17) is 0 Å². The molecule has 0 aromatic heterocycles. The van der Waals surface area contributed by atoms with Crippen LogP contribution in [0.3, 0.4) is 0 Å². The lowest BCUT2D eigenvalue weighted by Crippen LogP contribution is -2.39. The van der Waals surface area contributed by atoms with Gasteiger partial charge in [0.25, 0.3) is 0 Å². The summed E-state index contributed by atoms with van der Waals surface area (Å²) in [6.45, 7) is 5.77. The van der Waals surface area contributed by atoms with Crippen molar-refractivity contribution in [3.63, 3.8) is 0 Å². The third-order valence-electron chi connectivity index (χ3n) is 6.44. The molecule has 1 saturated carbocycles. The van der Waals surface area contributed by atoms with Crippen LogP contribution in [-0.2, 0) is 5.41 Å². The van der Waals surface area contributed by atoms with Crippen LogP contribution in [0.2, 0.25) is 0 Å². The van der Waals surface area contributed by atoms with Crippen molar-refractivity contribution >= 4 is 17.1 Å². The Labute approximate surface area is 145 Å². The molecule has 0 saturated heterocycles. The lowest BCUT2D eigenvalue weighted by Gasteiger charge is -2.39. The standard InChI is InChI=1S/C22H26N2/c1-22(2)17-11-6-7-13-19(17)24-15-23(16-9-4-3-5-10-16)20-14-8-12-18(22)21(20)24/h6-8,11-14,16H,3-5,9-10,15H2,1-2H3. The zero-order chi connectivity index (χ0) is 16.3. The minimum Gasteiger partial charge on any atom is -0.349 e. The number of benzene rings is 2. The van der Waals surface area contributed by atoms with E-state index in [0.717, 1.165) is 6.67 Å². The van der Waals surface area contributed by atoms with Crippen LogP contribution in [0, 0.1) is 0 Å². The van der Waals surface area contributed by atoms with Gasteiger partial charge in [0.05, 0.1) is 18.0 Å². The highest BCUT2D eigenvalue weighted by molar-refractivity contribution is 5.90. The molecule has 0 bridgehead atoms. The second kappa shape index (κ2) is 5.02. The summed E-state index contributed by atoms with van der Waals surface area (Å²) in [6.07, 6.45) is 6.89. The number of nitrogens with zero attached hydrogens (tertiary/aromatic N) is 2. The summed E-state index contributed by atoms with van der Waals surface area (Å²) >= 11 is 0. The molecule has 2 heteroatoms. The molecular weight excluding hydrogens is 292 g/mol. The van der Waals surface area contributed by atoms with E-state index in [9.17, 15) is 0 Å². The second-order valence-corrected chi connectivity index (χ2v) is 8.15. The first kappa shape index (κ1) is 14.4. The molecule has 2 nitrogen and oxygen atoms in total. The van der Waals surface area contributed by atoms with Crippen LogP contribution in [-0.4, -0.2) is 12.7 Å². The molecule has 0 radical (unpaired) electrons. The molecule has 2 aromatic rings. The maximum atomic E-state index is 2.69. The van der Waals surface area contributed by atoms with Gasteiger partial charge in [0, 0.05) is 17.1 Å². The van der Waals surface area contributed by atoms with E-state index in [-0.39, 0.29) is 5.41 Å². The van der Waals surface area contributed by atoms with E-state index < -0.39 is 0 Å². The lowest BCUT2D eigenvalue weighted by molar-refractivity contribution is 0.420. The number of anilines is 3. The molecule has 1 fully saturated rings. The Morgan fingerprint density at radius 2 is 1.54 bits per heavy atom. The van der Waals surface area contributed by atoms with E-state index in [2.05, 4.69) is 66.1 Å². The summed E-state index contributed by atoms with van der Waals surface area (Å²) in [4.78, 5) is 5.26. The van der Waals surface area contributed by atoms with Crippen molar-refractivity contribution in [2.45, 2.75) is 57.4 Å². The van der Waals surface area contributed by atoms with Crippen molar-refractivity contribution in [1.29, 1.82) is 0 Å². The van der Waals surface area contributed by atoms with E-state index in [0.29, 0.717) is 6.04 Å². The SMILES string of the molecule is CC1(C)c2ccccc2N2CN(C3CCCCC3)c3cccc1c32. The molecule has 24 heavy (non-hydrogen) atoms. The number of para-hydroxylation sites is 2. The number of fused-ring (bicyclic) bond motifs is 2. The van der Waals surface area contributed by atoms with Crippen LogP contribution >= 0.6 is 0 Å². The van der Waals surface area contributed by atoms with Crippen LogP contribution in [0.5, 0.6) is 0 Å². The first-order chi connectivity index (χ1) is 11.7. The van der Waals surface area contributed by atoms with Gasteiger partial charge in [-0.2, -0.15) is 0 Å². The van der Waals surface area contributed by atoms with E-state index >= 15 is 0 Å². The van der Waals surface area contributed by atoms with E-state index in [1.54, 1.807) is 0 Å². The molecule has 1 aliphatic carbocycles. The Kier molecular flexibility index (Phi) is 3.01. The van der Waals surface area contributed by atoms with Gasteiger partial charge in [-0.05, 0) is 36.1 Å². The van der Waals surface area contributed by atoms with Crippen LogP contribution in [0.25, 0.3) is 0 Å². The van der Waals surface area contributed by atoms with Crippen LogP contribution in [0.15, 0.2) is 42.5 Å². The molecule has 2 aliphatic heterocycles. The Hall–Kier alpha value is -1.96. The van der Waals surface area contributed by atoms with Gasteiger partial charge in [-0.1, -0.05) is 63.4 Å². The van der Waals surface area contributed by atoms with Gasteiger partial charge in [0.1, 0.15) is 0 Å². The smallest absolute Gasteiger partial charge is 0.0956 e. The third kappa shape index (κ3) is 1.83. The van der Waals surface area contributed by atoms with Gasteiger partial charge in [-0.25, -0.2) is 0 Å². The minimum atomic E-state index is 0.0704. The number of hydrogen-bond donors (Lipinski definition) is 0. The maximum Gasteiger partial charge on any atom is 0.0956 e. The van der Waals surface area contributed by atoms with E-state index in [1.807, 2.05) is 0 Å². The first-order valence-corrected chi connectivity index (χ1v) is 9.45. The molecule has 0 N–H and O–H groups in total. The molecule has 5 rings (SSSR count). The molecule has 2 aromatic carbocycles. The van der Waals surface area contributed by atoms with Crippen LogP contribution < -0.4 is 9.80 Å². The predicted molar refractivity (Wildman–Crippen MR) is 101 cm³/mol. The Bertz CT molecular complexity index is 786. The van der Waals surface area contributed by atoms with Crippen molar-refractivity contribution in [2.24, 2.45) is 0 Å². The van der Waals surface area contributed by atoms with Gasteiger partial charge in [0.15, 0.2) is 0 Å². The monoisotopic (exact) mass is 318 g/mol. The summed E-state index contributed by atoms with van der Waals surface area (Å²) < 4.78 is 0. The van der Waals surface area contributed by atoms with Crippen LogP contribution in [0.1, 0.15) is 57.1 Å². The quantitative estimate of drug-likeness (QED) is 0.678. The van der Waals surface area contributed by atoms with Gasteiger partial charge >= 0.3 is 0 Å². The lowest BCUT2D eigenvalue weighted by atomic mass is 9.74. The Balaban J connectivity index is 1.69. The van der Waals surface area contributed by atoms with Crippen molar-refractivity contribution in [3.05, 3.63) is 53.6 Å². The Morgan fingerprint density at radius 1 is 0.833 bits per heavy atom. The number of rotatable bonds is 1. The zero-order valence-electron chi connectivity index (χ0n) is 14.8. The molecule has 0 unspecified atom stereocenters. The third-order valence-corrected chi connectivity index (χ3v) is 6.44. The van der Waals surface area contributed by atoms with Crippen molar-refractivity contribution in [3.8, 4) is 0 Å². The largest absolute Gasteiger partial charge is 0.349 e. The molecule has 0 spiro atoms. The highest BCUT2D eigenvalue weighted by Crippen LogP contribution is 2.55. The molecule has 3 aliphatic rings.